The van der Waals surface area contributed by atoms with Crippen LogP contribution in [0.2, 0.25) is 0 Å². The van der Waals surface area contributed by atoms with Crippen LogP contribution in [0.5, 0.6) is 0 Å². The minimum Gasteiger partial charge on any atom is -0.444 e. The predicted octanol–water partition coefficient (Wildman–Crippen LogP) is 1.16. The summed E-state index contributed by atoms with van der Waals surface area (Å²) in [6, 6.07) is 1.79. The molecule has 1 aliphatic rings. The fourth-order valence-corrected chi connectivity index (χ4v) is 2.09. The molecule has 1 saturated heterocycles. The lowest BCUT2D eigenvalue weighted by atomic mass is 10.2. The number of nitrogens with zero attached hydrogens (tertiary/aromatic N) is 3. The molecular weight excluding hydrogens is 258 g/mol. The van der Waals surface area contributed by atoms with Crippen molar-refractivity contribution >= 4 is 17.7 Å². The van der Waals surface area contributed by atoms with Gasteiger partial charge in [0.05, 0.1) is 6.04 Å². The van der Waals surface area contributed by atoms with Crippen LogP contribution in [0.1, 0.15) is 27.2 Å². The Morgan fingerprint density at radius 3 is 2.90 bits per heavy atom. The lowest BCUT2D eigenvalue weighted by Crippen LogP contribution is -2.40. The molecule has 0 unspecified atom stereocenters. The SMILES string of the molecule is CC(C)(C)OC(=O)N[C@H]1CCN(c2cc(N)ncn2)C1. The summed E-state index contributed by atoms with van der Waals surface area (Å²) in [5, 5.41) is 2.87. The second kappa shape index (κ2) is 5.52. The molecule has 0 spiro atoms. The van der Waals surface area contributed by atoms with Crippen molar-refractivity contribution in [2.24, 2.45) is 0 Å². The molecule has 1 amide bonds. The lowest BCUT2D eigenvalue weighted by molar-refractivity contribution is 0.0509. The number of ether oxygens (including phenoxy) is 1. The number of alkyl carbamates (subject to hydrolysis) is 1. The normalized spacial score (nSPS) is 18.9. The molecule has 7 heteroatoms. The summed E-state index contributed by atoms with van der Waals surface area (Å²) in [6.07, 6.45) is 1.91. The van der Waals surface area contributed by atoms with Crippen molar-refractivity contribution in [2.45, 2.75) is 38.8 Å². The molecule has 20 heavy (non-hydrogen) atoms. The van der Waals surface area contributed by atoms with E-state index in [1.807, 2.05) is 20.8 Å². The van der Waals surface area contributed by atoms with Gasteiger partial charge in [-0.25, -0.2) is 14.8 Å². The van der Waals surface area contributed by atoms with Crippen molar-refractivity contribution in [3.05, 3.63) is 12.4 Å². The van der Waals surface area contributed by atoms with Crippen LogP contribution in [0, 0.1) is 0 Å². The van der Waals surface area contributed by atoms with E-state index in [2.05, 4.69) is 20.2 Å². The van der Waals surface area contributed by atoms with Gasteiger partial charge in [-0.1, -0.05) is 0 Å². The van der Waals surface area contributed by atoms with Crippen molar-refractivity contribution in [2.75, 3.05) is 23.7 Å². The molecule has 0 aliphatic carbocycles. The van der Waals surface area contributed by atoms with Gasteiger partial charge in [0.25, 0.3) is 0 Å². The number of amides is 1. The number of carbonyl (C=O) groups is 1. The highest BCUT2D eigenvalue weighted by molar-refractivity contribution is 5.68. The van der Waals surface area contributed by atoms with E-state index in [1.165, 1.54) is 6.33 Å². The minimum atomic E-state index is -0.483. The van der Waals surface area contributed by atoms with E-state index in [4.69, 9.17) is 10.5 Å². The van der Waals surface area contributed by atoms with Gasteiger partial charge in [0.15, 0.2) is 0 Å². The van der Waals surface area contributed by atoms with Crippen molar-refractivity contribution in [1.82, 2.24) is 15.3 Å². The molecule has 1 aromatic heterocycles. The number of rotatable bonds is 2. The molecule has 3 N–H and O–H groups in total. The first-order valence-corrected chi connectivity index (χ1v) is 6.65. The fraction of sp³-hybridized carbons (Fsp3) is 0.615. The predicted molar refractivity (Wildman–Crippen MR) is 76.4 cm³/mol. The van der Waals surface area contributed by atoms with Crippen LogP contribution in [0.25, 0.3) is 0 Å². The highest BCUT2D eigenvalue weighted by Gasteiger charge is 2.26. The first-order chi connectivity index (χ1) is 9.33. The smallest absolute Gasteiger partial charge is 0.407 e. The zero-order chi connectivity index (χ0) is 14.8. The van der Waals surface area contributed by atoms with E-state index >= 15 is 0 Å². The second-order valence-corrected chi connectivity index (χ2v) is 5.88. The highest BCUT2D eigenvalue weighted by atomic mass is 16.6. The number of nitrogens with one attached hydrogen (secondary N) is 1. The Kier molecular flexibility index (Phi) is 3.96. The largest absolute Gasteiger partial charge is 0.444 e. The number of nitrogen functional groups attached to an aromatic ring is 1. The topological polar surface area (TPSA) is 93.4 Å². The molecule has 1 fully saturated rings. The summed E-state index contributed by atoms with van der Waals surface area (Å²) in [5.41, 5.74) is 5.16. The third kappa shape index (κ3) is 3.97. The average Bonchev–Trinajstić information content (AvgIpc) is 2.74. The van der Waals surface area contributed by atoms with Crippen LogP contribution in [0.4, 0.5) is 16.4 Å². The van der Waals surface area contributed by atoms with E-state index in [0.29, 0.717) is 12.4 Å². The molecule has 0 bridgehead atoms. The Hall–Kier alpha value is -2.05. The van der Waals surface area contributed by atoms with Gasteiger partial charge in [-0.2, -0.15) is 0 Å². The highest BCUT2D eigenvalue weighted by Crippen LogP contribution is 2.19. The van der Waals surface area contributed by atoms with Crippen molar-refractivity contribution in [1.29, 1.82) is 0 Å². The van der Waals surface area contributed by atoms with E-state index in [9.17, 15) is 4.79 Å². The second-order valence-electron chi connectivity index (χ2n) is 5.88. The van der Waals surface area contributed by atoms with Gasteiger partial charge in [-0.05, 0) is 27.2 Å². The molecule has 1 atom stereocenters. The summed E-state index contributed by atoms with van der Waals surface area (Å²) >= 11 is 0. The number of anilines is 2. The molecular formula is C13H21N5O2. The van der Waals surface area contributed by atoms with Crippen molar-refractivity contribution in [3.63, 3.8) is 0 Å². The first kappa shape index (κ1) is 14.4. The number of nitrogens with two attached hydrogens (primary N) is 1. The lowest BCUT2D eigenvalue weighted by Gasteiger charge is -2.22. The third-order valence-electron chi connectivity index (χ3n) is 2.91. The maximum absolute atomic E-state index is 11.7. The Balaban J connectivity index is 1.88. The van der Waals surface area contributed by atoms with E-state index < -0.39 is 5.60 Å². The van der Waals surface area contributed by atoms with E-state index in [-0.39, 0.29) is 12.1 Å². The number of aromatic nitrogens is 2. The Labute approximate surface area is 118 Å². The van der Waals surface area contributed by atoms with Gasteiger partial charge in [-0.15, -0.1) is 0 Å². The third-order valence-corrected chi connectivity index (χ3v) is 2.91. The van der Waals surface area contributed by atoms with Gasteiger partial charge >= 0.3 is 6.09 Å². The molecule has 1 aliphatic heterocycles. The van der Waals surface area contributed by atoms with Gasteiger partial charge < -0.3 is 20.7 Å². The molecule has 0 radical (unpaired) electrons. The van der Waals surface area contributed by atoms with Crippen LogP contribution in [-0.4, -0.2) is 40.8 Å². The summed E-state index contributed by atoms with van der Waals surface area (Å²) in [5.74, 6) is 1.23. The minimum absolute atomic E-state index is 0.0565. The maximum Gasteiger partial charge on any atom is 0.407 e. The zero-order valence-electron chi connectivity index (χ0n) is 12.1. The monoisotopic (exact) mass is 279 g/mol. The number of carbonyl (C=O) groups excluding carboxylic acids is 1. The number of hydrogen-bond donors (Lipinski definition) is 2. The van der Waals surface area contributed by atoms with Crippen LogP contribution in [0.3, 0.4) is 0 Å². The molecule has 0 aromatic carbocycles. The summed E-state index contributed by atoms with van der Waals surface area (Å²) in [6.45, 7) is 7.04. The van der Waals surface area contributed by atoms with Gasteiger partial charge in [0.2, 0.25) is 0 Å². The zero-order valence-corrected chi connectivity index (χ0v) is 12.1. The van der Waals surface area contributed by atoms with Crippen molar-refractivity contribution < 1.29 is 9.53 Å². The quantitative estimate of drug-likeness (QED) is 0.844. The molecule has 2 rings (SSSR count). The molecule has 7 nitrogen and oxygen atoms in total. The van der Waals surface area contributed by atoms with E-state index in [1.54, 1.807) is 6.07 Å². The van der Waals surface area contributed by atoms with Crippen LogP contribution < -0.4 is 16.0 Å². The molecule has 2 heterocycles. The van der Waals surface area contributed by atoms with Crippen LogP contribution in [0.15, 0.2) is 12.4 Å². The van der Waals surface area contributed by atoms with Crippen LogP contribution >= 0.6 is 0 Å². The number of hydrogen-bond acceptors (Lipinski definition) is 6. The van der Waals surface area contributed by atoms with Gasteiger partial charge in [-0.3, -0.25) is 0 Å². The molecule has 110 valence electrons. The van der Waals surface area contributed by atoms with Gasteiger partial charge in [0.1, 0.15) is 23.6 Å². The Morgan fingerprint density at radius 2 is 2.25 bits per heavy atom. The molecule has 1 aromatic rings. The van der Waals surface area contributed by atoms with Crippen LogP contribution in [-0.2, 0) is 4.74 Å². The standard InChI is InChI=1S/C13H21N5O2/c1-13(2,3)20-12(19)17-9-4-5-18(7-9)11-6-10(14)15-8-16-11/h6,8-9H,4-5,7H2,1-3H3,(H,17,19)(H2,14,15,16)/t9-/m0/s1. The first-order valence-electron chi connectivity index (χ1n) is 6.65. The summed E-state index contributed by atoms with van der Waals surface area (Å²) < 4.78 is 5.25. The Morgan fingerprint density at radius 1 is 1.50 bits per heavy atom. The molecule has 0 saturated carbocycles. The Bertz CT molecular complexity index is 486. The van der Waals surface area contributed by atoms with Gasteiger partial charge in [0, 0.05) is 19.2 Å². The average molecular weight is 279 g/mol. The van der Waals surface area contributed by atoms with Crippen molar-refractivity contribution in [3.8, 4) is 0 Å². The van der Waals surface area contributed by atoms with E-state index in [0.717, 1.165) is 18.8 Å². The summed E-state index contributed by atoms with van der Waals surface area (Å²) in [7, 11) is 0. The summed E-state index contributed by atoms with van der Waals surface area (Å²) in [4.78, 5) is 21.8. The fourth-order valence-electron chi connectivity index (χ4n) is 2.09. The maximum atomic E-state index is 11.7.